The van der Waals surface area contributed by atoms with Gasteiger partial charge in [-0.1, -0.05) is 0 Å². The molecular weight excluding hydrogens is 188 g/mol. The molecule has 0 radical (unpaired) electrons. The van der Waals surface area contributed by atoms with Gasteiger partial charge in [-0.05, 0) is 32.6 Å². The van der Waals surface area contributed by atoms with Crippen LogP contribution in [-0.2, 0) is 4.74 Å². The van der Waals surface area contributed by atoms with Crippen LogP contribution in [0.25, 0.3) is 0 Å². The minimum absolute atomic E-state index is 0.654. The molecule has 3 heteroatoms. The second-order valence-electron chi connectivity index (χ2n) is 5.04. The average Bonchev–Trinajstić information content (AvgIpc) is 2.29. The molecule has 2 aliphatic heterocycles. The van der Waals surface area contributed by atoms with Crippen molar-refractivity contribution >= 4 is 0 Å². The third-order valence-electron chi connectivity index (χ3n) is 3.92. The highest BCUT2D eigenvalue weighted by atomic mass is 16.5. The first kappa shape index (κ1) is 11.4. The molecule has 2 atom stereocenters. The molecule has 2 heterocycles. The van der Waals surface area contributed by atoms with Gasteiger partial charge in [-0.3, -0.25) is 4.90 Å². The Kier molecular flexibility index (Phi) is 4.00. The van der Waals surface area contributed by atoms with Crippen molar-refractivity contribution in [3.05, 3.63) is 0 Å². The zero-order valence-corrected chi connectivity index (χ0v) is 10.0. The quantitative estimate of drug-likeness (QED) is 0.742. The van der Waals surface area contributed by atoms with E-state index in [2.05, 4.69) is 24.1 Å². The molecule has 2 unspecified atom stereocenters. The zero-order chi connectivity index (χ0) is 10.7. The zero-order valence-electron chi connectivity index (χ0n) is 10.0. The Balaban J connectivity index is 1.85. The van der Waals surface area contributed by atoms with E-state index in [0.29, 0.717) is 6.04 Å². The molecular formula is C12H24N2O. The Labute approximate surface area is 93.2 Å². The van der Waals surface area contributed by atoms with Crippen LogP contribution in [0, 0.1) is 5.92 Å². The molecule has 2 fully saturated rings. The Hall–Kier alpha value is -0.120. The van der Waals surface area contributed by atoms with Gasteiger partial charge in [-0.25, -0.2) is 0 Å². The largest absolute Gasteiger partial charge is 0.381 e. The van der Waals surface area contributed by atoms with Gasteiger partial charge in [0.1, 0.15) is 0 Å². The van der Waals surface area contributed by atoms with Crippen LogP contribution in [0.4, 0.5) is 0 Å². The first-order valence-electron chi connectivity index (χ1n) is 6.32. The second-order valence-corrected chi connectivity index (χ2v) is 5.04. The number of hydrogen-bond donors (Lipinski definition) is 1. The van der Waals surface area contributed by atoms with E-state index in [1.54, 1.807) is 0 Å². The van der Waals surface area contributed by atoms with Crippen molar-refractivity contribution < 1.29 is 4.74 Å². The number of ether oxygens (including phenoxy) is 1. The van der Waals surface area contributed by atoms with Gasteiger partial charge in [-0.2, -0.15) is 0 Å². The molecule has 2 rings (SSSR count). The number of piperazine rings is 1. The van der Waals surface area contributed by atoms with Gasteiger partial charge in [0, 0.05) is 44.9 Å². The maximum Gasteiger partial charge on any atom is 0.0469 e. The van der Waals surface area contributed by atoms with Gasteiger partial charge < -0.3 is 10.1 Å². The van der Waals surface area contributed by atoms with Crippen LogP contribution >= 0.6 is 0 Å². The summed E-state index contributed by atoms with van der Waals surface area (Å²) in [5.41, 5.74) is 0. The Morgan fingerprint density at radius 3 is 2.73 bits per heavy atom. The first-order chi connectivity index (χ1) is 7.27. The molecule has 0 aromatic heterocycles. The summed E-state index contributed by atoms with van der Waals surface area (Å²) in [4.78, 5) is 2.65. The van der Waals surface area contributed by atoms with Crippen molar-refractivity contribution in [2.24, 2.45) is 5.92 Å². The third-order valence-corrected chi connectivity index (χ3v) is 3.92. The van der Waals surface area contributed by atoms with Gasteiger partial charge in [-0.15, -0.1) is 0 Å². The minimum atomic E-state index is 0.654. The predicted octanol–water partition coefficient (Wildman–Crippen LogP) is 1.10. The number of nitrogens with one attached hydrogen (secondary N) is 1. The predicted molar refractivity (Wildman–Crippen MR) is 62.0 cm³/mol. The fourth-order valence-electron chi connectivity index (χ4n) is 2.83. The molecule has 1 N–H and O–H groups in total. The van der Waals surface area contributed by atoms with Crippen LogP contribution in [0.3, 0.4) is 0 Å². The number of hydrogen-bond acceptors (Lipinski definition) is 3. The normalized spacial score (nSPS) is 32.8. The lowest BCUT2D eigenvalue weighted by Gasteiger charge is -2.40. The summed E-state index contributed by atoms with van der Waals surface area (Å²) in [6.07, 6.45) is 2.50. The van der Waals surface area contributed by atoms with Gasteiger partial charge in [0.25, 0.3) is 0 Å². The SMILES string of the molecule is CC1CN(C(C)C2CCOCC2)CCN1. The van der Waals surface area contributed by atoms with Crippen molar-refractivity contribution in [3.63, 3.8) is 0 Å². The van der Waals surface area contributed by atoms with E-state index < -0.39 is 0 Å². The molecule has 0 spiro atoms. The molecule has 15 heavy (non-hydrogen) atoms. The maximum absolute atomic E-state index is 5.43. The van der Waals surface area contributed by atoms with Crippen molar-refractivity contribution in [1.29, 1.82) is 0 Å². The van der Waals surface area contributed by atoms with Crippen LogP contribution in [0.15, 0.2) is 0 Å². The average molecular weight is 212 g/mol. The summed E-state index contributed by atoms with van der Waals surface area (Å²) >= 11 is 0. The second kappa shape index (κ2) is 5.28. The lowest BCUT2D eigenvalue weighted by atomic mass is 9.91. The highest BCUT2D eigenvalue weighted by Crippen LogP contribution is 2.23. The summed E-state index contributed by atoms with van der Waals surface area (Å²) < 4.78 is 5.43. The molecule has 2 aliphatic rings. The highest BCUT2D eigenvalue weighted by Gasteiger charge is 2.27. The molecule has 0 amide bonds. The summed E-state index contributed by atoms with van der Waals surface area (Å²) in [6, 6.07) is 1.39. The first-order valence-corrected chi connectivity index (χ1v) is 6.32. The van der Waals surface area contributed by atoms with Crippen molar-refractivity contribution in [3.8, 4) is 0 Å². The molecule has 0 aromatic rings. The third kappa shape index (κ3) is 2.92. The lowest BCUT2D eigenvalue weighted by molar-refractivity contribution is 0.0235. The Bertz CT molecular complexity index is 192. The fraction of sp³-hybridized carbons (Fsp3) is 1.00. The van der Waals surface area contributed by atoms with Crippen LogP contribution < -0.4 is 5.32 Å². The van der Waals surface area contributed by atoms with E-state index in [-0.39, 0.29) is 0 Å². The van der Waals surface area contributed by atoms with Gasteiger partial charge in [0.2, 0.25) is 0 Å². The summed E-state index contributed by atoms with van der Waals surface area (Å²) in [6.45, 7) is 10.2. The summed E-state index contributed by atoms with van der Waals surface area (Å²) in [7, 11) is 0. The van der Waals surface area contributed by atoms with Crippen LogP contribution in [0.1, 0.15) is 26.7 Å². The molecule has 2 saturated heterocycles. The van der Waals surface area contributed by atoms with E-state index in [0.717, 1.165) is 31.7 Å². The fourth-order valence-corrected chi connectivity index (χ4v) is 2.83. The van der Waals surface area contributed by atoms with Crippen LogP contribution in [0.2, 0.25) is 0 Å². The summed E-state index contributed by atoms with van der Waals surface area (Å²) in [5.74, 6) is 0.851. The van der Waals surface area contributed by atoms with Gasteiger partial charge >= 0.3 is 0 Å². The molecule has 0 saturated carbocycles. The molecule has 0 bridgehead atoms. The Morgan fingerprint density at radius 2 is 2.07 bits per heavy atom. The highest BCUT2D eigenvalue weighted by molar-refractivity contribution is 4.83. The smallest absolute Gasteiger partial charge is 0.0469 e. The van der Waals surface area contributed by atoms with Crippen LogP contribution in [-0.4, -0.2) is 49.8 Å². The van der Waals surface area contributed by atoms with Crippen LogP contribution in [0.5, 0.6) is 0 Å². The van der Waals surface area contributed by atoms with Gasteiger partial charge in [0.05, 0.1) is 0 Å². The standard InChI is InChI=1S/C12H24N2O/c1-10-9-14(6-5-13-10)11(2)12-3-7-15-8-4-12/h10-13H,3-9H2,1-2H3. The minimum Gasteiger partial charge on any atom is -0.381 e. The lowest BCUT2D eigenvalue weighted by Crippen LogP contribution is -2.54. The molecule has 3 nitrogen and oxygen atoms in total. The van der Waals surface area contributed by atoms with E-state index in [1.165, 1.54) is 25.9 Å². The Morgan fingerprint density at radius 1 is 1.33 bits per heavy atom. The molecule has 0 aromatic carbocycles. The van der Waals surface area contributed by atoms with Gasteiger partial charge in [0.15, 0.2) is 0 Å². The van der Waals surface area contributed by atoms with E-state index in [4.69, 9.17) is 4.74 Å². The van der Waals surface area contributed by atoms with Crippen molar-refractivity contribution in [2.45, 2.75) is 38.8 Å². The van der Waals surface area contributed by atoms with E-state index >= 15 is 0 Å². The van der Waals surface area contributed by atoms with E-state index in [1.807, 2.05) is 0 Å². The number of rotatable bonds is 2. The maximum atomic E-state index is 5.43. The van der Waals surface area contributed by atoms with Crippen molar-refractivity contribution in [1.82, 2.24) is 10.2 Å². The number of nitrogens with zero attached hydrogens (tertiary/aromatic N) is 1. The van der Waals surface area contributed by atoms with E-state index in [9.17, 15) is 0 Å². The monoisotopic (exact) mass is 212 g/mol. The topological polar surface area (TPSA) is 24.5 Å². The summed E-state index contributed by atoms with van der Waals surface area (Å²) in [5, 5.41) is 3.50. The van der Waals surface area contributed by atoms with Crippen molar-refractivity contribution in [2.75, 3.05) is 32.8 Å². The molecule has 0 aliphatic carbocycles. The molecule has 88 valence electrons.